The number of hydrogen-bond donors (Lipinski definition) is 0. The molecule has 0 amide bonds. The molecule has 0 aliphatic heterocycles. The van der Waals surface area contributed by atoms with E-state index in [1.54, 1.807) is 5.30 Å². The summed E-state index contributed by atoms with van der Waals surface area (Å²) in [5.41, 5.74) is 5.56. The average Bonchev–Trinajstić information content (AvgIpc) is 2.64. The summed E-state index contributed by atoms with van der Waals surface area (Å²) in [7, 11) is -1.44. The molecule has 150 valence electrons. The van der Waals surface area contributed by atoms with Crippen LogP contribution in [0, 0.1) is 5.62 Å². The van der Waals surface area contributed by atoms with Crippen LogP contribution in [-0.4, -0.2) is 11.3 Å². The Balaban J connectivity index is 0.00000243. The van der Waals surface area contributed by atoms with Crippen molar-refractivity contribution in [1.82, 2.24) is 0 Å². The molecule has 0 spiro atoms. The van der Waals surface area contributed by atoms with E-state index in [1.807, 2.05) is 0 Å². The molecular formula is C23H36ClPPd. The Morgan fingerprint density at radius 1 is 0.885 bits per heavy atom. The zero-order valence-electron chi connectivity index (χ0n) is 16.8. The second-order valence-electron chi connectivity index (χ2n) is 9.32. The molecule has 2 aliphatic rings. The molecule has 0 heterocycles. The van der Waals surface area contributed by atoms with Crippen LogP contribution in [0.1, 0.15) is 90.5 Å². The second kappa shape index (κ2) is 9.88. The van der Waals surface area contributed by atoms with E-state index in [0.717, 1.165) is 11.3 Å². The number of halogens is 1. The van der Waals surface area contributed by atoms with Gasteiger partial charge in [0.25, 0.3) is 0 Å². The fourth-order valence-electron chi connectivity index (χ4n) is 5.17. The van der Waals surface area contributed by atoms with Crippen LogP contribution in [0.2, 0.25) is 0 Å². The molecule has 3 rings (SSSR count). The van der Waals surface area contributed by atoms with Gasteiger partial charge in [-0.3, -0.25) is 0 Å². The fourth-order valence-corrected chi connectivity index (χ4v) is 11.5. The number of hydrogen-bond acceptors (Lipinski definition) is 0. The maximum Gasteiger partial charge on any atom is 0.0667 e. The molecule has 1 aromatic rings. The third-order valence-corrected chi connectivity index (χ3v) is 12.6. The largest absolute Gasteiger partial charge is 0.304 e. The first-order valence-electron chi connectivity index (χ1n) is 10.4. The Morgan fingerprint density at radius 2 is 1.38 bits per heavy atom. The first-order valence-corrected chi connectivity index (χ1v) is 12.9. The van der Waals surface area contributed by atoms with Crippen LogP contribution < -0.4 is 5.30 Å². The van der Waals surface area contributed by atoms with Crippen LogP contribution in [0.15, 0.2) is 24.3 Å². The van der Waals surface area contributed by atoms with Gasteiger partial charge < -0.3 is 11.6 Å². The molecule has 0 N–H and O–H groups in total. The summed E-state index contributed by atoms with van der Waals surface area (Å²) in [6.45, 7) is 6.99. The molecule has 3 heteroatoms. The van der Waals surface area contributed by atoms with Crippen molar-refractivity contribution in [2.45, 2.75) is 102 Å². The van der Waals surface area contributed by atoms with Crippen molar-refractivity contribution >= 4 is 24.2 Å². The Labute approximate surface area is 181 Å². The topological polar surface area (TPSA) is 0 Å². The van der Waals surface area contributed by atoms with Gasteiger partial charge in [0.2, 0.25) is 0 Å². The normalized spacial score (nSPS) is 20.6. The van der Waals surface area contributed by atoms with Gasteiger partial charge in [0.1, 0.15) is 0 Å². The number of benzene rings is 1. The summed E-state index contributed by atoms with van der Waals surface area (Å²) < 4.78 is 0. The molecule has 2 fully saturated rings. The Morgan fingerprint density at radius 3 is 1.81 bits per heavy atom. The van der Waals surface area contributed by atoms with Crippen molar-refractivity contribution in [1.29, 1.82) is 0 Å². The summed E-state index contributed by atoms with van der Waals surface area (Å²) in [5, 5.41) is 1.61. The molecule has 0 aromatic heterocycles. The van der Waals surface area contributed by atoms with E-state index in [0.29, 0.717) is 0 Å². The first-order chi connectivity index (χ1) is 12.0. The van der Waals surface area contributed by atoms with E-state index >= 15 is 0 Å². The second-order valence-corrected chi connectivity index (χ2v) is 13.7. The van der Waals surface area contributed by atoms with Crippen molar-refractivity contribution in [2.75, 3.05) is 0 Å². The summed E-state index contributed by atoms with van der Waals surface area (Å²) in [6.07, 6.45) is 14.1. The summed E-state index contributed by atoms with van der Waals surface area (Å²) in [5.74, 6) is 0. The van der Waals surface area contributed by atoms with Gasteiger partial charge in [0.15, 0.2) is 0 Å². The van der Waals surface area contributed by atoms with E-state index in [4.69, 9.17) is 11.6 Å². The van der Waals surface area contributed by atoms with Gasteiger partial charge in [0.05, 0.1) is 5.30 Å². The molecule has 2 aliphatic carbocycles. The smallest absolute Gasteiger partial charge is 0.0667 e. The predicted molar refractivity (Wildman–Crippen MR) is 116 cm³/mol. The van der Waals surface area contributed by atoms with Crippen molar-refractivity contribution in [3.05, 3.63) is 35.5 Å². The third-order valence-electron chi connectivity index (χ3n) is 6.68. The van der Waals surface area contributed by atoms with Crippen molar-refractivity contribution < 1.29 is 20.4 Å². The summed E-state index contributed by atoms with van der Waals surface area (Å²) in [4.78, 5) is 0. The van der Waals surface area contributed by atoms with Gasteiger partial charge >= 0.3 is 0 Å². The zero-order chi connectivity index (χ0) is 17.9. The molecule has 0 saturated heterocycles. The molecule has 0 radical (unpaired) electrons. The van der Waals surface area contributed by atoms with Crippen molar-refractivity contribution in [2.24, 2.45) is 0 Å². The minimum atomic E-state index is -1.44. The quantitative estimate of drug-likeness (QED) is 0.234. The monoisotopic (exact) mass is 484 g/mol. The molecule has 0 nitrogen and oxygen atoms in total. The molecule has 0 atom stereocenters. The molecule has 2 saturated carbocycles. The van der Waals surface area contributed by atoms with Crippen molar-refractivity contribution in [3.63, 3.8) is 0 Å². The average molecular weight is 485 g/mol. The van der Waals surface area contributed by atoms with Crippen LogP contribution in [0.4, 0.5) is 0 Å². The van der Waals surface area contributed by atoms with E-state index in [-0.39, 0.29) is 25.8 Å². The van der Waals surface area contributed by atoms with Crippen LogP contribution in [0.25, 0.3) is 0 Å². The van der Waals surface area contributed by atoms with Gasteiger partial charge in [-0.15, -0.1) is 0 Å². The maximum absolute atomic E-state index is 6.82. The molecule has 0 unspecified atom stereocenters. The molecular weight excluding hydrogens is 449 g/mol. The molecule has 26 heavy (non-hydrogen) atoms. The summed E-state index contributed by atoms with van der Waals surface area (Å²) in [6, 6.07) is 9.58. The maximum atomic E-state index is 6.82. The van der Waals surface area contributed by atoms with E-state index in [1.165, 1.54) is 69.8 Å². The van der Waals surface area contributed by atoms with Gasteiger partial charge in [-0.05, 0) is 74.5 Å². The van der Waals surface area contributed by atoms with Gasteiger partial charge in [-0.1, -0.05) is 58.6 Å². The zero-order valence-corrected chi connectivity index (χ0v) is 20.0. The van der Waals surface area contributed by atoms with Crippen LogP contribution >= 0.6 is 18.9 Å². The summed E-state index contributed by atoms with van der Waals surface area (Å²) >= 11 is 6.82. The van der Waals surface area contributed by atoms with E-state index < -0.39 is 7.26 Å². The first kappa shape index (κ1) is 22.9. The predicted octanol–water partition coefficient (Wildman–Crippen LogP) is 7.65. The third kappa shape index (κ3) is 4.77. The van der Waals surface area contributed by atoms with E-state index in [2.05, 4.69) is 50.7 Å². The van der Waals surface area contributed by atoms with Crippen LogP contribution in [0.3, 0.4) is 0 Å². The van der Waals surface area contributed by atoms with E-state index in [9.17, 15) is 0 Å². The molecule has 1 aromatic carbocycles. The Hall–Kier alpha value is 0.602. The SMILES string of the molecule is CC(C)(C)c1cccc([P+]([CH-]Cl)(C2CCCCC2)C2CCCCC2)c1.[Pd]. The minimum absolute atomic E-state index is 0. The van der Waals surface area contributed by atoms with Crippen LogP contribution in [0.5, 0.6) is 0 Å². The Bertz CT molecular complexity index is 536. The van der Waals surface area contributed by atoms with Gasteiger partial charge in [0, 0.05) is 31.7 Å². The fraction of sp³-hybridized carbons (Fsp3) is 0.696. The minimum Gasteiger partial charge on any atom is -0.304 e. The van der Waals surface area contributed by atoms with Gasteiger partial charge in [-0.2, -0.15) is 0 Å². The number of rotatable bonds is 4. The van der Waals surface area contributed by atoms with Gasteiger partial charge in [-0.25, -0.2) is 0 Å². The molecule has 0 bridgehead atoms. The Kier molecular flexibility index (Phi) is 8.70. The van der Waals surface area contributed by atoms with Crippen molar-refractivity contribution in [3.8, 4) is 0 Å². The standard InChI is InChI=1S/C23H36ClP.Pd/c1-23(2,3)19-11-10-16-22(17-19)25(18-24,20-12-6-4-7-13-20)21-14-8-5-9-15-21;/h10-11,16-18,20-21H,4-9,12-15H2,1-3H3;. The van der Waals surface area contributed by atoms with Crippen LogP contribution in [-0.2, 0) is 25.8 Å².